The van der Waals surface area contributed by atoms with Crippen molar-refractivity contribution in [2.24, 2.45) is 11.8 Å². The van der Waals surface area contributed by atoms with Crippen LogP contribution < -0.4 is 20.3 Å². The van der Waals surface area contributed by atoms with Crippen molar-refractivity contribution < 1.29 is 43.3 Å². The molecule has 3 aliphatic rings. The van der Waals surface area contributed by atoms with Gasteiger partial charge in [0.05, 0.1) is 37.4 Å². The Labute approximate surface area is 336 Å². The van der Waals surface area contributed by atoms with Gasteiger partial charge in [0.25, 0.3) is 0 Å². The third kappa shape index (κ3) is 6.69. The molecule has 2 saturated heterocycles. The number of nitrogens with one attached hydrogen (secondary N) is 2. The number of esters is 2. The zero-order valence-electron chi connectivity index (χ0n) is 32.4. The van der Waals surface area contributed by atoms with Gasteiger partial charge in [-0.05, 0) is 46.4 Å². The van der Waals surface area contributed by atoms with E-state index in [9.17, 15) is 24.3 Å². The molecule has 300 valence electrons. The second-order valence-corrected chi connectivity index (χ2v) is 14.8. The van der Waals surface area contributed by atoms with Gasteiger partial charge in [-0.2, -0.15) is 0 Å². The molecule has 3 N–H and O–H groups in total. The van der Waals surface area contributed by atoms with Crippen LogP contribution in [0.25, 0.3) is 0 Å². The molecular formula is C45H46N4O9. The number of hydrogen-bond acceptors (Lipinski definition) is 10. The minimum absolute atomic E-state index is 0.0137. The summed E-state index contributed by atoms with van der Waals surface area (Å²) < 4.78 is 17.3. The fraction of sp³-hybridized carbons (Fsp3) is 0.311. The number of aliphatic hydroxyl groups is 1. The summed E-state index contributed by atoms with van der Waals surface area (Å²) in [4.78, 5) is 76.3. The lowest BCUT2D eigenvalue weighted by Gasteiger charge is -2.46. The number of cyclic esters (lactones) is 1. The molecule has 0 unspecified atom stereocenters. The fourth-order valence-electron chi connectivity index (χ4n) is 8.91. The molecule has 0 bridgehead atoms. The number of imide groups is 1. The molecule has 1 spiro atoms. The highest BCUT2D eigenvalue weighted by Gasteiger charge is 2.75. The van der Waals surface area contributed by atoms with Gasteiger partial charge < -0.3 is 30.0 Å². The van der Waals surface area contributed by atoms with Crippen LogP contribution in [0.4, 0.5) is 10.5 Å². The minimum atomic E-state index is -1.96. The molecule has 3 heterocycles. The maximum Gasteiger partial charge on any atom is 0.329 e. The fourth-order valence-corrected chi connectivity index (χ4v) is 8.91. The van der Waals surface area contributed by atoms with Crippen LogP contribution in [0.2, 0.25) is 0 Å². The maximum absolute atomic E-state index is 16.0. The van der Waals surface area contributed by atoms with Crippen molar-refractivity contribution in [2.75, 3.05) is 31.8 Å². The number of benzene rings is 4. The summed E-state index contributed by atoms with van der Waals surface area (Å²) in [5.41, 5.74) is 0.486. The van der Waals surface area contributed by atoms with Crippen LogP contribution in [-0.2, 0) is 34.1 Å². The number of hydrogen-bond donors (Lipinski definition) is 3. The van der Waals surface area contributed by atoms with Crippen molar-refractivity contribution in [3.8, 4) is 5.75 Å². The predicted molar refractivity (Wildman–Crippen MR) is 213 cm³/mol. The molecule has 4 aromatic carbocycles. The van der Waals surface area contributed by atoms with E-state index in [4.69, 9.17) is 14.2 Å². The number of aliphatic hydroxyl groups excluding tert-OH is 1. The smallest absolute Gasteiger partial charge is 0.329 e. The highest BCUT2D eigenvalue weighted by atomic mass is 16.6. The van der Waals surface area contributed by atoms with E-state index >= 15 is 4.79 Å². The molecule has 4 amide bonds. The Kier molecular flexibility index (Phi) is 11.5. The largest absolute Gasteiger partial charge is 0.491 e. The van der Waals surface area contributed by atoms with Crippen LogP contribution >= 0.6 is 0 Å². The molecule has 7 rings (SSSR count). The predicted octanol–water partition coefficient (Wildman–Crippen LogP) is 4.93. The summed E-state index contributed by atoms with van der Waals surface area (Å²) in [6.45, 7) is 6.99. The minimum Gasteiger partial charge on any atom is -0.491 e. The van der Waals surface area contributed by atoms with E-state index in [-0.39, 0.29) is 25.4 Å². The van der Waals surface area contributed by atoms with E-state index in [1.807, 2.05) is 65.6 Å². The van der Waals surface area contributed by atoms with E-state index in [2.05, 4.69) is 17.2 Å². The van der Waals surface area contributed by atoms with Crippen molar-refractivity contribution in [3.63, 3.8) is 0 Å². The lowest BCUT2D eigenvalue weighted by Crippen LogP contribution is -2.57. The highest BCUT2D eigenvalue weighted by molar-refractivity contribution is 6.25. The van der Waals surface area contributed by atoms with Crippen LogP contribution in [0, 0.1) is 11.8 Å². The van der Waals surface area contributed by atoms with Crippen molar-refractivity contribution in [1.82, 2.24) is 15.5 Å². The maximum atomic E-state index is 16.0. The molecule has 0 saturated carbocycles. The molecule has 0 aliphatic carbocycles. The first-order chi connectivity index (χ1) is 28.1. The first-order valence-corrected chi connectivity index (χ1v) is 19.2. The van der Waals surface area contributed by atoms with Gasteiger partial charge in [-0.15, -0.1) is 6.58 Å². The number of amides is 4. The lowest BCUT2D eigenvalue weighted by atomic mass is 9.65. The van der Waals surface area contributed by atoms with E-state index in [1.54, 1.807) is 62.4 Å². The Balaban J connectivity index is 1.54. The second kappa shape index (κ2) is 16.7. The zero-order valence-corrected chi connectivity index (χ0v) is 32.4. The van der Waals surface area contributed by atoms with Crippen LogP contribution in [0.5, 0.6) is 5.75 Å². The number of fused-ring (bicyclic) bond motifs is 3. The highest BCUT2D eigenvalue weighted by Crippen LogP contribution is 2.65. The molecule has 3 aliphatic heterocycles. The molecule has 13 nitrogen and oxygen atoms in total. The molecule has 58 heavy (non-hydrogen) atoms. The third-order valence-electron chi connectivity index (χ3n) is 11.2. The summed E-state index contributed by atoms with van der Waals surface area (Å²) in [7, 11) is 1.21. The SMILES string of the molecule is C=CCNC(=O)[C@@H]1[C@H]2C(=O)O[C@H](c3ccccc3)[C@H](c3ccccc3)N2[C@H](c2cccc(OCCO)c2)[C@@]12C(=O)N(C(=O)N[C@H](C(=O)OC)C(C)C)c1ccccc12. The van der Waals surface area contributed by atoms with Crippen LogP contribution in [0.3, 0.4) is 0 Å². The number of ether oxygens (including phenoxy) is 3. The standard InChI is InChI=1S/C45H46N4O9/c1-5-23-46-40(51)34-37-42(53)58-38(29-17-10-7-11-18-29)36(28-15-8-6-9-16-28)49(37)39(30-19-14-20-31(26-30)57-25-24-50)45(34)32-21-12-13-22-33(32)48(43(45)54)44(55)47-35(27(2)3)41(52)56-4/h5-22,26-27,34-39,50H,1,23-25H2,2-4H3,(H,46,51)(H,47,55)/t34-,35-,36-,37-,38+,39+,45-/m0/s1. The molecular weight excluding hydrogens is 741 g/mol. The molecule has 0 aromatic heterocycles. The molecule has 2 fully saturated rings. The van der Waals surface area contributed by atoms with Gasteiger partial charge in [-0.25, -0.2) is 14.5 Å². The van der Waals surface area contributed by atoms with Gasteiger partial charge in [-0.1, -0.05) is 111 Å². The van der Waals surface area contributed by atoms with E-state index in [1.165, 1.54) is 13.2 Å². The number of anilines is 1. The molecule has 13 heteroatoms. The number of carbonyl (C=O) groups is 5. The van der Waals surface area contributed by atoms with Gasteiger partial charge in [0, 0.05) is 6.54 Å². The van der Waals surface area contributed by atoms with Crippen LogP contribution in [-0.4, -0.2) is 78.7 Å². The average Bonchev–Trinajstić information content (AvgIpc) is 3.70. The normalized spacial score (nSPS) is 24.1. The zero-order chi connectivity index (χ0) is 41.1. The Hall–Kier alpha value is -6.31. The summed E-state index contributed by atoms with van der Waals surface area (Å²) in [5.74, 6) is -4.35. The van der Waals surface area contributed by atoms with Crippen LogP contribution in [0.1, 0.15) is 54.3 Å². The summed E-state index contributed by atoms with van der Waals surface area (Å²) >= 11 is 0. The van der Waals surface area contributed by atoms with Gasteiger partial charge >= 0.3 is 18.0 Å². The molecule has 4 aromatic rings. The van der Waals surface area contributed by atoms with E-state index in [0.717, 1.165) is 10.5 Å². The van der Waals surface area contributed by atoms with Crippen molar-refractivity contribution in [2.45, 2.75) is 49.5 Å². The van der Waals surface area contributed by atoms with Crippen LogP contribution in [0.15, 0.2) is 122 Å². The number of carbonyl (C=O) groups excluding carboxylic acids is 5. The molecule has 7 atom stereocenters. The van der Waals surface area contributed by atoms with Crippen molar-refractivity contribution >= 4 is 35.5 Å². The number of rotatable bonds is 12. The Bertz CT molecular complexity index is 2200. The topological polar surface area (TPSA) is 164 Å². The first-order valence-electron chi connectivity index (χ1n) is 19.2. The second-order valence-electron chi connectivity index (χ2n) is 14.8. The number of methoxy groups -OCH3 is 1. The summed E-state index contributed by atoms with van der Waals surface area (Å²) in [5, 5.41) is 15.2. The number of urea groups is 1. The first kappa shape index (κ1) is 39.9. The quantitative estimate of drug-likeness (QED) is 0.133. The lowest BCUT2D eigenvalue weighted by molar-refractivity contribution is -0.178. The number of nitrogens with zero attached hydrogens (tertiary/aromatic N) is 2. The summed E-state index contributed by atoms with van der Waals surface area (Å²) in [6.07, 6.45) is 0.602. The van der Waals surface area contributed by atoms with E-state index in [0.29, 0.717) is 22.4 Å². The summed E-state index contributed by atoms with van der Waals surface area (Å²) in [6, 6.07) is 27.1. The van der Waals surface area contributed by atoms with Crippen molar-refractivity contribution in [3.05, 3.63) is 144 Å². The number of morpholine rings is 1. The van der Waals surface area contributed by atoms with Gasteiger partial charge in [0.1, 0.15) is 36.0 Å². The van der Waals surface area contributed by atoms with Crippen molar-refractivity contribution in [1.29, 1.82) is 0 Å². The Morgan fingerprint density at radius 1 is 0.897 bits per heavy atom. The Morgan fingerprint density at radius 2 is 1.55 bits per heavy atom. The van der Waals surface area contributed by atoms with Gasteiger partial charge in [-0.3, -0.25) is 19.3 Å². The van der Waals surface area contributed by atoms with E-state index < -0.39 is 77.3 Å². The third-order valence-corrected chi connectivity index (χ3v) is 11.2. The Morgan fingerprint density at radius 3 is 2.21 bits per heavy atom. The van der Waals surface area contributed by atoms with Gasteiger partial charge in [0.2, 0.25) is 11.8 Å². The average molecular weight is 787 g/mol. The van der Waals surface area contributed by atoms with Gasteiger partial charge in [0.15, 0.2) is 0 Å². The number of para-hydroxylation sites is 1. The monoisotopic (exact) mass is 786 g/mol. The molecule has 0 radical (unpaired) electrons.